The average molecular weight is 364 g/mol. The van der Waals surface area contributed by atoms with Gasteiger partial charge in [0.25, 0.3) is 0 Å². The fourth-order valence-corrected chi connectivity index (χ4v) is 3.42. The van der Waals surface area contributed by atoms with Crippen molar-refractivity contribution in [3.05, 3.63) is 71.3 Å². The van der Waals surface area contributed by atoms with Crippen LogP contribution in [0.15, 0.2) is 54.6 Å². The standard InChI is InChI=1S/C23H28N2O2/c1-19-7-9-21(10-8-19)22(26)11-12-23(27)25-17-15-24(16-18-25)14-13-20-5-3-2-4-6-20/h2-10H,11-18H2,1H3. The molecular formula is C23H28N2O2. The molecule has 0 bridgehead atoms. The zero-order valence-electron chi connectivity index (χ0n) is 16.1. The van der Waals surface area contributed by atoms with E-state index in [4.69, 9.17) is 0 Å². The Morgan fingerprint density at radius 2 is 1.52 bits per heavy atom. The average Bonchev–Trinajstić information content (AvgIpc) is 2.72. The van der Waals surface area contributed by atoms with E-state index in [-0.39, 0.29) is 18.1 Å². The van der Waals surface area contributed by atoms with E-state index in [0.717, 1.165) is 44.7 Å². The van der Waals surface area contributed by atoms with E-state index in [0.29, 0.717) is 12.0 Å². The molecule has 0 radical (unpaired) electrons. The SMILES string of the molecule is Cc1ccc(C(=O)CCC(=O)N2CCN(CCc3ccccc3)CC2)cc1. The van der Waals surface area contributed by atoms with Crippen molar-refractivity contribution in [1.82, 2.24) is 9.80 Å². The Labute approximate surface area is 161 Å². The minimum Gasteiger partial charge on any atom is -0.340 e. The molecular weight excluding hydrogens is 336 g/mol. The van der Waals surface area contributed by atoms with Crippen molar-refractivity contribution in [3.63, 3.8) is 0 Å². The number of hydrogen-bond donors (Lipinski definition) is 0. The number of Topliss-reactive ketones (excluding diaryl/α,β-unsaturated/α-hetero) is 1. The number of ketones is 1. The molecule has 1 amide bonds. The van der Waals surface area contributed by atoms with Crippen molar-refractivity contribution < 1.29 is 9.59 Å². The van der Waals surface area contributed by atoms with Crippen LogP contribution in [0.1, 0.15) is 34.3 Å². The Balaban J connectivity index is 1.38. The third-order valence-electron chi connectivity index (χ3n) is 5.22. The van der Waals surface area contributed by atoms with Crippen molar-refractivity contribution in [3.8, 4) is 0 Å². The number of aryl methyl sites for hydroxylation is 1. The predicted molar refractivity (Wildman–Crippen MR) is 108 cm³/mol. The predicted octanol–water partition coefficient (Wildman–Crippen LogP) is 3.34. The van der Waals surface area contributed by atoms with Gasteiger partial charge in [0.1, 0.15) is 0 Å². The third kappa shape index (κ3) is 5.76. The molecule has 0 atom stereocenters. The van der Waals surface area contributed by atoms with Crippen LogP contribution in [0.25, 0.3) is 0 Å². The van der Waals surface area contributed by atoms with Gasteiger partial charge in [-0.25, -0.2) is 0 Å². The van der Waals surface area contributed by atoms with Crippen molar-refractivity contribution in [2.24, 2.45) is 0 Å². The molecule has 0 saturated carbocycles. The van der Waals surface area contributed by atoms with Crippen LogP contribution in [0.2, 0.25) is 0 Å². The Kier molecular flexibility index (Phi) is 6.77. The zero-order chi connectivity index (χ0) is 19.1. The quantitative estimate of drug-likeness (QED) is 0.708. The van der Waals surface area contributed by atoms with Gasteiger partial charge in [0.05, 0.1) is 0 Å². The van der Waals surface area contributed by atoms with Crippen LogP contribution in [-0.2, 0) is 11.2 Å². The van der Waals surface area contributed by atoms with Crippen LogP contribution in [0, 0.1) is 6.92 Å². The van der Waals surface area contributed by atoms with Gasteiger partial charge in [0.15, 0.2) is 5.78 Å². The highest BCUT2D eigenvalue weighted by atomic mass is 16.2. The lowest BCUT2D eigenvalue weighted by atomic mass is 10.0. The highest BCUT2D eigenvalue weighted by Gasteiger charge is 2.21. The molecule has 1 saturated heterocycles. The van der Waals surface area contributed by atoms with E-state index in [1.54, 1.807) is 0 Å². The first-order chi connectivity index (χ1) is 13.1. The number of rotatable bonds is 7. The Bertz CT molecular complexity index is 748. The smallest absolute Gasteiger partial charge is 0.223 e. The summed E-state index contributed by atoms with van der Waals surface area (Å²) in [5, 5.41) is 0. The second-order valence-electron chi connectivity index (χ2n) is 7.25. The summed E-state index contributed by atoms with van der Waals surface area (Å²) < 4.78 is 0. The zero-order valence-corrected chi connectivity index (χ0v) is 16.1. The molecule has 0 aliphatic carbocycles. The molecule has 0 aromatic heterocycles. The number of carbonyl (C=O) groups excluding carboxylic acids is 2. The second kappa shape index (κ2) is 9.47. The van der Waals surface area contributed by atoms with Gasteiger partial charge in [-0.15, -0.1) is 0 Å². The summed E-state index contributed by atoms with van der Waals surface area (Å²) in [7, 11) is 0. The van der Waals surface area contributed by atoms with Crippen LogP contribution in [0.3, 0.4) is 0 Å². The van der Waals surface area contributed by atoms with Gasteiger partial charge < -0.3 is 4.90 Å². The molecule has 1 aliphatic heterocycles. The molecule has 4 heteroatoms. The van der Waals surface area contributed by atoms with Crippen molar-refractivity contribution in [2.75, 3.05) is 32.7 Å². The minimum absolute atomic E-state index is 0.0462. The first-order valence-corrected chi connectivity index (χ1v) is 9.76. The first-order valence-electron chi connectivity index (χ1n) is 9.76. The van der Waals surface area contributed by atoms with Gasteiger partial charge in [0, 0.05) is 51.1 Å². The van der Waals surface area contributed by atoms with Gasteiger partial charge in [-0.05, 0) is 18.9 Å². The maximum atomic E-state index is 12.4. The van der Waals surface area contributed by atoms with Crippen LogP contribution in [0.4, 0.5) is 0 Å². The second-order valence-corrected chi connectivity index (χ2v) is 7.25. The topological polar surface area (TPSA) is 40.6 Å². The number of amides is 1. The van der Waals surface area contributed by atoms with Crippen LogP contribution < -0.4 is 0 Å². The number of hydrogen-bond acceptors (Lipinski definition) is 3. The molecule has 3 rings (SSSR count). The summed E-state index contributed by atoms with van der Waals surface area (Å²) in [6.07, 6.45) is 1.63. The molecule has 1 aliphatic rings. The number of piperazine rings is 1. The number of benzene rings is 2. The summed E-state index contributed by atoms with van der Waals surface area (Å²) in [4.78, 5) is 29.0. The highest BCUT2D eigenvalue weighted by molar-refractivity contribution is 5.97. The van der Waals surface area contributed by atoms with E-state index < -0.39 is 0 Å². The van der Waals surface area contributed by atoms with Gasteiger partial charge in [-0.1, -0.05) is 60.2 Å². The largest absolute Gasteiger partial charge is 0.340 e. The normalized spacial score (nSPS) is 14.9. The van der Waals surface area contributed by atoms with Gasteiger partial charge in [-0.3, -0.25) is 14.5 Å². The third-order valence-corrected chi connectivity index (χ3v) is 5.22. The van der Waals surface area contributed by atoms with Gasteiger partial charge >= 0.3 is 0 Å². The molecule has 0 N–H and O–H groups in total. The molecule has 0 unspecified atom stereocenters. The Morgan fingerprint density at radius 1 is 0.852 bits per heavy atom. The minimum atomic E-state index is 0.0462. The van der Waals surface area contributed by atoms with Gasteiger partial charge in [-0.2, -0.15) is 0 Å². The van der Waals surface area contributed by atoms with Crippen molar-refractivity contribution >= 4 is 11.7 Å². The van der Waals surface area contributed by atoms with Crippen LogP contribution in [0.5, 0.6) is 0 Å². The monoisotopic (exact) mass is 364 g/mol. The molecule has 4 nitrogen and oxygen atoms in total. The Morgan fingerprint density at radius 3 is 2.19 bits per heavy atom. The molecule has 1 fully saturated rings. The summed E-state index contributed by atoms with van der Waals surface area (Å²) in [5.41, 5.74) is 3.18. The maximum absolute atomic E-state index is 12.4. The summed E-state index contributed by atoms with van der Waals surface area (Å²) >= 11 is 0. The fraction of sp³-hybridized carbons (Fsp3) is 0.391. The lowest BCUT2D eigenvalue weighted by Gasteiger charge is -2.34. The molecule has 1 heterocycles. The Hall–Kier alpha value is -2.46. The highest BCUT2D eigenvalue weighted by Crippen LogP contribution is 2.11. The molecule has 2 aromatic carbocycles. The van der Waals surface area contributed by atoms with E-state index in [1.807, 2.05) is 42.2 Å². The maximum Gasteiger partial charge on any atom is 0.223 e. The first kappa shape index (κ1) is 19.3. The lowest BCUT2D eigenvalue weighted by molar-refractivity contribution is -0.132. The molecule has 2 aromatic rings. The van der Waals surface area contributed by atoms with Crippen LogP contribution >= 0.6 is 0 Å². The van der Waals surface area contributed by atoms with E-state index >= 15 is 0 Å². The lowest BCUT2D eigenvalue weighted by Crippen LogP contribution is -2.49. The van der Waals surface area contributed by atoms with E-state index in [9.17, 15) is 9.59 Å². The van der Waals surface area contributed by atoms with Crippen molar-refractivity contribution in [1.29, 1.82) is 0 Å². The number of nitrogens with zero attached hydrogens (tertiary/aromatic N) is 2. The van der Waals surface area contributed by atoms with Crippen molar-refractivity contribution in [2.45, 2.75) is 26.2 Å². The summed E-state index contributed by atoms with van der Waals surface area (Å²) in [6, 6.07) is 18.1. The molecule has 0 spiro atoms. The van der Waals surface area contributed by atoms with E-state index in [1.165, 1.54) is 5.56 Å². The summed E-state index contributed by atoms with van der Waals surface area (Å²) in [5.74, 6) is 0.142. The molecule has 142 valence electrons. The van der Waals surface area contributed by atoms with Crippen LogP contribution in [-0.4, -0.2) is 54.2 Å². The van der Waals surface area contributed by atoms with Gasteiger partial charge in [0.2, 0.25) is 5.91 Å². The number of carbonyl (C=O) groups is 2. The molecule has 27 heavy (non-hydrogen) atoms. The van der Waals surface area contributed by atoms with E-state index in [2.05, 4.69) is 29.2 Å². The summed E-state index contributed by atoms with van der Waals surface area (Å²) in [6.45, 7) is 6.35. The fourth-order valence-electron chi connectivity index (χ4n) is 3.42.